The Kier molecular flexibility index (Phi) is 47.8. The molecule has 4 aliphatic rings. The Hall–Kier alpha value is -9.26. The van der Waals surface area contributed by atoms with E-state index in [2.05, 4.69) is 129 Å². The van der Waals surface area contributed by atoms with Crippen LogP contribution in [0.1, 0.15) is 86.4 Å². The Bertz CT molecular complexity index is 4570. The van der Waals surface area contributed by atoms with Crippen molar-refractivity contribution in [3.05, 3.63) is 156 Å². The summed E-state index contributed by atoms with van der Waals surface area (Å²) in [4.78, 5) is 106. The molecular weight excluding hydrogens is 1780 g/mol. The molecule has 0 saturated carbocycles. The van der Waals surface area contributed by atoms with Gasteiger partial charge < -0.3 is 94.3 Å². The Morgan fingerprint density at radius 2 is 0.748 bits per heavy atom. The number of aryl methyl sites for hydroxylation is 3. The minimum absolute atomic E-state index is 0. The van der Waals surface area contributed by atoms with Gasteiger partial charge in [-0.05, 0) is 165 Å². The molecule has 9 heterocycles. The molecule has 4 aliphatic heterocycles. The number of piperazine rings is 4. The first-order valence-electron chi connectivity index (χ1n) is 37.9. The molecule has 0 aliphatic carbocycles. The number of rotatable bonds is 12. The first kappa shape index (κ1) is 108. The zero-order valence-electron chi connectivity index (χ0n) is 71.4. The van der Waals surface area contributed by atoms with Crippen LogP contribution < -0.4 is 76.6 Å². The Labute approximate surface area is 758 Å². The number of carbonyl (C=O) groups excluding carboxylic acids is 3. The summed E-state index contributed by atoms with van der Waals surface area (Å²) in [5.74, 6) is 5.18. The predicted octanol–water partition coefficient (Wildman–Crippen LogP) is 15.9. The molecule has 3 amide bonds. The molecule has 8 N–H and O–H groups in total. The van der Waals surface area contributed by atoms with Gasteiger partial charge in [0.05, 0.1) is 47.0 Å². The van der Waals surface area contributed by atoms with Crippen LogP contribution in [0, 0.1) is 20.8 Å². The monoisotopic (exact) mass is 1890 g/mol. The van der Waals surface area contributed by atoms with Crippen molar-refractivity contribution in [2.75, 3.05) is 177 Å². The molecule has 3 aromatic carbocycles. The highest BCUT2D eigenvalue weighted by molar-refractivity contribution is 8.24. The Morgan fingerprint density at radius 3 is 1.07 bits per heavy atom. The summed E-state index contributed by atoms with van der Waals surface area (Å²) in [6.07, 6.45) is -0.781. The van der Waals surface area contributed by atoms with Gasteiger partial charge in [0, 0.05) is 146 Å². The van der Waals surface area contributed by atoms with Crippen molar-refractivity contribution in [1.82, 2.24) is 75.2 Å². The van der Waals surface area contributed by atoms with Gasteiger partial charge in [0.1, 0.15) is 38.7 Å². The van der Waals surface area contributed by atoms with Crippen LogP contribution >= 0.6 is 96.9 Å². The van der Waals surface area contributed by atoms with Gasteiger partial charge in [-0.15, -0.1) is 23.2 Å². The maximum absolute atomic E-state index is 12.3. The summed E-state index contributed by atoms with van der Waals surface area (Å²) < 4.78 is 50.7. The molecule has 5 aromatic heterocycles. The maximum atomic E-state index is 12.3. The van der Waals surface area contributed by atoms with Gasteiger partial charge in [0.15, 0.2) is 5.88 Å². The fourth-order valence-corrected chi connectivity index (χ4v) is 10.7. The molecular formula is C79H114Cl8N21O14P. The number of aromatic nitrogens is 10. The summed E-state index contributed by atoms with van der Waals surface area (Å²) in [6.45, 7) is 34.5. The average Bonchev–Trinajstić information content (AvgIpc) is 0.827. The summed E-state index contributed by atoms with van der Waals surface area (Å²) in [7, 11) is 7.59. The van der Waals surface area contributed by atoms with E-state index >= 15 is 0 Å². The second-order valence-electron chi connectivity index (χ2n) is 29.1. The van der Waals surface area contributed by atoms with Gasteiger partial charge in [-0.2, -0.15) is 29.9 Å². The molecule has 0 radical (unpaired) electrons. The first-order valence-corrected chi connectivity index (χ1v) is 44.5. The van der Waals surface area contributed by atoms with Crippen molar-refractivity contribution in [1.29, 1.82) is 0 Å². The van der Waals surface area contributed by atoms with E-state index in [1.807, 2.05) is 158 Å². The second kappa shape index (κ2) is 54.5. The van der Waals surface area contributed by atoms with E-state index in [9.17, 15) is 28.5 Å². The van der Waals surface area contributed by atoms with Crippen LogP contribution in [0.25, 0.3) is 0 Å². The molecule has 0 spiro atoms. The number of amides is 3. The van der Waals surface area contributed by atoms with Crippen LogP contribution in [0.3, 0.4) is 0 Å². The summed E-state index contributed by atoms with van der Waals surface area (Å²) in [6, 6.07) is 31.8. The molecule has 35 nitrogen and oxygen atoms in total. The molecule has 4 saturated heterocycles. The molecule has 123 heavy (non-hydrogen) atoms. The lowest BCUT2D eigenvalue weighted by Gasteiger charge is -2.35. The van der Waals surface area contributed by atoms with Gasteiger partial charge in [-0.3, -0.25) is 19.3 Å². The number of nitrogens with two attached hydrogens (primary N) is 1. The number of methoxy groups -OCH3 is 5. The number of carbonyl (C=O) groups is 3. The third-order valence-corrected chi connectivity index (χ3v) is 16.4. The van der Waals surface area contributed by atoms with E-state index in [0.717, 1.165) is 81.3 Å². The third-order valence-electron chi connectivity index (χ3n) is 15.8. The highest BCUT2D eigenvalue weighted by Crippen LogP contribution is 2.61. The lowest BCUT2D eigenvalue weighted by molar-refractivity contribution is 0.0221. The molecule has 44 heteroatoms. The third kappa shape index (κ3) is 45.8. The number of benzene rings is 3. The quantitative estimate of drug-likeness (QED) is 0.0149. The standard InChI is InChI=1S/C21H29N5O3.C16H21N5O.C14H21ClN4O3.C9H18N2O2.C7H9N.C5H4Cl2N2O.C5H6N2O3.CH2Cl2.CH4.Cl3OP/c1-15-6-8-16(9-7-15)22-17-14-18(28-5)24-19(23-17)25-10-12-26(13-11-25)20(27)29-21(2,3)4;1-12-3-5-13(6-4-12)18-14-11-15(22-2)20-16(19-14)21-9-7-17-8-10-21;1-14(2,3)22-13(20)19-7-5-18(6-8-19)12-16-10(15)9-11(17-12)21-4;1-9(2,3)13-8(12)11-6-4-10-5-7-11;1-6-2-4-7(8)5-3-6;1-10-4-2-3(6)8-5(7)9-4;1-10-4-2-3(8)6-5(9)7-4;2-1-3;;1-5(2,3)4/h6-9,14H,10-13H2,1-5H3,(H,22,23,24);3-6,11,17H,7-10H2,1-2H3,(H,18,19,20);9H,5-8H2,1-4H3;10H,4-7H2,1-3H3;2-5H,8H2,1H3;2H,1H3;2H,1H3,(H2,6,7,8,9);1H2;1H4;. The fourth-order valence-electron chi connectivity index (χ4n) is 10.1. The molecule has 8 aromatic rings. The van der Waals surface area contributed by atoms with Gasteiger partial charge in [0.2, 0.25) is 46.6 Å². The van der Waals surface area contributed by atoms with Crippen LogP contribution in [0.4, 0.5) is 60.9 Å². The number of nitrogens with one attached hydrogen (secondary N) is 6. The highest BCUT2D eigenvalue weighted by Gasteiger charge is 2.30. The van der Waals surface area contributed by atoms with Crippen molar-refractivity contribution < 1.29 is 56.8 Å². The van der Waals surface area contributed by atoms with E-state index in [-0.39, 0.29) is 53.0 Å². The fraction of sp³-hybridized carbons (Fsp3) is 0.481. The maximum Gasteiger partial charge on any atom is 0.410 e. The molecule has 0 unspecified atom stereocenters. The number of hydrogen-bond acceptors (Lipinski definition) is 30. The number of anilines is 8. The van der Waals surface area contributed by atoms with Gasteiger partial charge in [-0.1, -0.05) is 83.7 Å². The Balaban J connectivity index is 0.000000378. The number of ether oxygens (including phenoxy) is 8. The van der Waals surface area contributed by atoms with E-state index in [1.54, 1.807) is 41.1 Å². The normalized spacial score (nSPS) is 13.6. The first-order chi connectivity index (χ1) is 57.4. The molecule has 0 bridgehead atoms. The van der Waals surface area contributed by atoms with Crippen LogP contribution in [0.2, 0.25) is 15.6 Å². The topological polar surface area (TPSA) is 405 Å². The zero-order chi connectivity index (χ0) is 90.9. The predicted molar refractivity (Wildman–Crippen MR) is 492 cm³/mol. The van der Waals surface area contributed by atoms with Crippen LogP contribution in [-0.4, -0.2) is 245 Å². The van der Waals surface area contributed by atoms with Crippen LogP contribution in [0.15, 0.2) is 113 Å². The number of aromatic amines is 2. The number of halogens is 8. The van der Waals surface area contributed by atoms with Crippen molar-refractivity contribution in [3.63, 3.8) is 0 Å². The van der Waals surface area contributed by atoms with Crippen LogP contribution in [-0.2, 0) is 18.8 Å². The molecule has 680 valence electrons. The zero-order valence-corrected chi connectivity index (χ0v) is 78.3. The Morgan fingerprint density at radius 1 is 0.439 bits per heavy atom. The summed E-state index contributed by atoms with van der Waals surface area (Å²) in [5, 5.41) is 10.8. The van der Waals surface area contributed by atoms with Crippen molar-refractivity contribution in [2.24, 2.45) is 0 Å². The smallest absolute Gasteiger partial charge is 0.410 e. The lowest BCUT2D eigenvalue weighted by Crippen LogP contribution is -2.50. The van der Waals surface area contributed by atoms with Gasteiger partial charge in [0.25, 0.3) is 5.56 Å². The number of hydrogen-bond donors (Lipinski definition) is 7. The number of alkyl halides is 2. The average molecular weight is 1900 g/mol. The lowest BCUT2D eigenvalue weighted by atomic mass is 10.2. The van der Waals surface area contributed by atoms with Crippen molar-refractivity contribution in [3.8, 4) is 29.4 Å². The summed E-state index contributed by atoms with van der Waals surface area (Å²) >= 11 is 40.3. The highest BCUT2D eigenvalue weighted by atomic mass is 36.0. The largest absolute Gasteiger partial charge is 0.482 e. The number of nitrogens with zero attached hydrogens (tertiary/aromatic N) is 14. The van der Waals surface area contributed by atoms with E-state index in [0.29, 0.717) is 105 Å². The summed E-state index contributed by atoms with van der Waals surface area (Å²) in [5.41, 5.74) is 9.46. The molecule has 0 atom stereocenters. The van der Waals surface area contributed by atoms with Gasteiger partial charge >= 0.3 is 29.2 Å². The van der Waals surface area contributed by atoms with Crippen LogP contribution in [0.5, 0.6) is 29.4 Å². The number of nitrogen functional groups attached to an aromatic ring is 1. The van der Waals surface area contributed by atoms with Gasteiger partial charge in [-0.25, -0.2) is 29.1 Å². The minimum Gasteiger partial charge on any atom is -0.482 e. The van der Waals surface area contributed by atoms with E-state index in [4.69, 9.17) is 96.9 Å². The molecule has 12 rings (SSSR count). The second-order valence-corrected chi connectivity index (χ2v) is 37.7. The SMILES string of the molecule is C.CC(C)(C)OC(=O)N1CCNCC1.COc1cc(=O)[nH]c(=O)[nH]1.COc1cc(Cl)nc(Cl)n1.COc1cc(Cl)nc(N2CCN(C(=O)OC(C)(C)C)CC2)n1.COc1cc(Nc2ccc(C)cc2)nc(N2CCN(C(=O)OC(C)(C)C)CC2)n1.COc1cc(Nc2ccc(C)cc2)nc(N2CCNCC2)n1.Cc1ccc(N)cc1.ClCCl.O=P(Cl)(Cl)Cl. The van der Waals surface area contributed by atoms with E-state index < -0.39 is 27.7 Å². The minimum atomic E-state index is -3.22. The number of H-pyrrole nitrogens is 2. The molecule has 4 fully saturated rings. The van der Waals surface area contributed by atoms with Crippen molar-refractivity contribution >= 4 is 162 Å². The van der Waals surface area contributed by atoms with Crippen molar-refractivity contribution in [2.45, 2.75) is 107 Å². The van der Waals surface area contributed by atoms with E-state index in [1.165, 1.54) is 44.1 Å².